The number of nitrogens with zero attached hydrogens (tertiary/aromatic N) is 3. The van der Waals surface area contributed by atoms with Crippen molar-refractivity contribution in [2.45, 2.75) is 6.92 Å². The van der Waals surface area contributed by atoms with Crippen LogP contribution in [0.5, 0.6) is 0 Å². The zero-order chi connectivity index (χ0) is 11.8. The molecule has 1 aromatic carbocycles. The molecule has 2 N–H and O–H groups in total. The molecule has 3 aromatic rings. The van der Waals surface area contributed by atoms with E-state index >= 15 is 0 Å². The molecule has 2 aromatic heterocycles. The third-order valence-electron chi connectivity index (χ3n) is 2.60. The molecule has 0 radical (unpaired) electrons. The topological polar surface area (TPSA) is 77.8 Å². The van der Waals surface area contributed by atoms with E-state index in [9.17, 15) is 0 Å². The lowest BCUT2D eigenvalue weighted by Crippen LogP contribution is -1.91. The summed E-state index contributed by atoms with van der Waals surface area (Å²) in [5.74, 6) is 0.851. The number of nitrogen functional groups attached to an aromatic ring is 1. The van der Waals surface area contributed by atoms with Gasteiger partial charge in [-0.25, -0.2) is 9.97 Å². The van der Waals surface area contributed by atoms with Crippen LogP contribution >= 0.6 is 0 Å². The molecule has 3 rings (SSSR count). The Morgan fingerprint density at radius 1 is 1.18 bits per heavy atom. The van der Waals surface area contributed by atoms with E-state index in [4.69, 9.17) is 10.2 Å². The summed E-state index contributed by atoms with van der Waals surface area (Å²) in [6.45, 7) is 2.00. The zero-order valence-electron chi connectivity index (χ0n) is 9.21. The number of nitrogens with two attached hydrogens (primary N) is 1. The van der Waals surface area contributed by atoms with Crippen LogP contribution in [0.1, 0.15) is 5.56 Å². The van der Waals surface area contributed by atoms with Crippen molar-refractivity contribution in [3.05, 3.63) is 36.2 Å². The van der Waals surface area contributed by atoms with Gasteiger partial charge in [-0.05, 0) is 18.6 Å². The molecule has 0 spiro atoms. The molecule has 0 saturated carbocycles. The summed E-state index contributed by atoms with van der Waals surface area (Å²) in [6, 6.07) is 7.85. The number of hydrogen-bond acceptors (Lipinski definition) is 5. The molecule has 0 amide bonds. The van der Waals surface area contributed by atoms with Gasteiger partial charge < -0.3 is 10.2 Å². The van der Waals surface area contributed by atoms with E-state index in [1.807, 2.05) is 31.2 Å². The van der Waals surface area contributed by atoms with Crippen LogP contribution in [0.15, 0.2) is 35.0 Å². The Morgan fingerprint density at radius 2 is 2.00 bits per heavy atom. The normalized spacial score (nSPS) is 10.9. The molecule has 0 aliphatic carbocycles. The Labute approximate surface area is 97.3 Å². The lowest BCUT2D eigenvalue weighted by Gasteiger charge is -1.98. The van der Waals surface area contributed by atoms with Crippen LogP contribution in [0.3, 0.4) is 0 Å². The number of oxazole rings is 1. The van der Waals surface area contributed by atoms with E-state index in [-0.39, 0.29) is 0 Å². The number of fused-ring (bicyclic) bond motifs is 1. The second-order valence-corrected chi connectivity index (χ2v) is 3.75. The molecule has 2 heterocycles. The van der Waals surface area contributed by atoms with Gasteiger partial charge in [0.05, 0.1) is 0 Å². The van der Waals surface area contributed by atoms with Crippen LogP contribution in [0.25, 0.3) is 22.7 Å². The first-order valence-corrected chi connectivity index (χ1v) is 5.19. The van der Waals surface area contributed by atoms with Crippen LogP contribution in [0.2, 0.25) is 0 Å². The van der Waals surface area contributed by atoms with Crippen molar-refractivity contribution in [1.29, 1.82) is 0 Å². The number of rotatable bonds is 1. The van der Waals surface area contributed by atoms with Crippen LogP contribution in [-0.2, 0) is 0 Å². The fourth-order valence-corrected chi connectivity index (χ4v) is 1.70. The van der Waals surface area contributed by atoms with Crippen LogP contribution in [0, 0.1) is 6.92 Å². The third kappa shape index (κ3) is 1.52. The molecular weight excluding hydrogens is 216 g/mol. The average molecular weight is 226 g/mol. The summed E-state index contributed by atoms with van der Waals surface area (Å²) in [5, 5.41) is 0. The van der Waals surface area contributed by atoms with E-state index in [2.05, 4.69) is 15.0 Å². The molecule has 17 heavy (non-hydrogen) atoms. The van der Waals surface area contributed by atoms with E-state index in [0.29, 0.717) is 22.9 Å². The molecule has 0 saturated heterocycles. The highest BCUT2D eigenvalue weighted by atomic mass is 16.4. The Hall–Kier alpha value is -2.43. The Morgan fingerprint density at radius 3 is 2.76 bits per heavy atom. The molecule has 0 bridgehead atoms. The summed E-state index contributed by atoms with van der Waals surface area (Å²) in [5.41, 5.74) is 8.65. The molecule has 84 valence electrons. The van der Waals surface area contributed by atoms with Crippen molar-refractivity contribution in [2.24, 2.45) is 0 Å². The number of benzene rings is 1. The Kier molecular flexibility index (Phi) is 2.04. The highest BCUT2D eigenvalue weighted by Gasteiger charge is 2.12. The monoisotopic (exact) mass is 226 g/mol. The largest absolute Gasteiger partial charge is 0.417 e. The molecule has 0 unspecified atom stereocenters. The van der Waals surface area contributed by atoms with Crippen molar-refractivity contribution in [1.82, 2.24) is 15.0 Å². The number of aryl methyl sites for hydroxylation is 1. The lowest BCUT2D eigenvalue weighted by atomic mass is 10.1. The standard InChI is InChI=1S/C12H10N4O/c1-7-4-2-3-5-8(7)11-16-9-10(13)14-6-15-12(9)17-11/h2-6H,1H3,(H2,13,14,15). The van der Waals surface area contributed by atoms with Gasteiger partial charge in [-0.3, -0.25) is 0 Å². The molecule has 5 nitrogen and oxygen atoms in total. The van der Waals surface area contributed by atoms with Crippen molar-refractivity contribution in [3.8, 4) is 11.5 Å². The van der Waals surface area contributed by atoms with E-state index in [0.717, 1.165) is 11.1 Å². The predicted molar refractivity (Wildman–Crippen MR) is 64.2 cm³/mol. The lowest BCUT2D eigenvalue weighted by molar-refractivity contribution is 0.606. The van der Waals surface area contributed by atoms with Gasteiger partial charge in [0.2, 0.25) is 5.89 Å². The maximum Gasteiger partial charge on any atom is 0.252 e. The summed E-state index contributed by atoms with van der Waals surface area (Å²) < 4.78 is 5.57. The predicted octanol–water partition coefficient (Wildman–Crippen LogP) is 2.18. The first-order valence-electron chi connectivity index (χ1n) is 5.19. The molecule has 0 aliphatic rings. The fraction of sp³-hybridized carbons (Fsp3) is 0.0833. The smallest absolute Gasteiger partial charge is 0.252 e. The van der Waals surface area contributed by atoms with Gasteiger partial charge in [0.15, 0.2) is 11.3 Å². The number of aromatic nitrogens is 3. The Balaban J connectivity index is 2.26. The molecule has 5 heteroatoms. The first-order chi connectivity index (χ1) is 8.25. The minimum Gasteiger partial charge on any atom is -0.417 e. The van der Waals surface area contributed by atoms with Gasteiger partial charge in [-0.1, -0.05) is 18.2 Å². The van der Waals surface area contributed by atoms with Crippen molar-refractivity contribution in [3.63, 3.8) is 0 Å². The minimum absolute atomic E-state index is 0.332. The SMILES string of the molecule is Cc1ccccc1-c1nc2c(N)ncnc2o1. The average Bonchev–Trinajstić information content (AvgIpc) is 2.75. The van der Waals surface area contributed by atoms with Crippen molar-refractivity contribution < 1.29 is 4.42 Å². The Bertz CT molecular complexity index is 690. The van der Waals surface area contributed by atoms with Crippen LogP contribution in [-0.4, -0.2) is 15.0 Å². The van der Waals surface area contributed by atoms with Gasteiger partial charge in [-0.15, -0.1) is 0 Å². The van der Waals surface area contributed by atoms with Gasteiger partial charge in [0, 0.05) is 5.56 Å². The molecule has 0 atom stereocenters. The van der Waals surface area contributed by atoms with Gasteiger partial charge in [0.1, 0.15) is 6.33 Å². The maximum atomic E-state index is 5.71. The van der Waals surface area contributed by atoms with Crippen LogP contribution in [0.4, 0.5) is 5.82 Å². The fourth-order valence-electron chi connectivity index (χ4n) is 1.70. The van der Waals surface area contributed by atoms with Gasteiger partial charge in [0.25, 0.3) is 5.71 Å². The van der Waals surface area contributed by atoms with E-state index in [1.165, 1.54) is 6.33 Å². The maximum absolute atomic E-state index is 5.71. The summed E-state index contributed by atoms with van der Waals surface area (Å²) >= 11 is 0. The molecule has 0 aliphatic heterocycles. The summed E-state index contributed by atoms with van der Waals surface area (Å²) in [6.07, 6.45) is 1.37. The highest BCUT2D eigenvalue weighted by molar-refractivity contribution is 5.82. The highest BCUT2D eigenvalue weighted by Crippen LogP contribution is 2.26. The second-order valence-electron chi connectivity index (χ2n) is 3.75. The van der Waals surface area contributed by atoms with E-state index < -0.39 is 0 Å². The zero-order valence-corrected chi connectivity index (χ0v) is 9.21. The van der Waals surface area contributed by atoms with Crippen molar-refractivity contribution in [2.75, 3.05) is 5.73 Å². The third-order valence-corrected chi connectivity index (χ3v) is 2.60. The quantitative estimate of drug-likeness (QED) is 0.688. The molecule has 0 fully saturated rings. The summed E-state index contributed by atoms with van der Waals surface area (Å²) in [7, 11) is 0. The number of anilines is 1. The van der Waals surface area contributed by atoms with Gasteiger partial charge >= 0.3 is 0 Å². The number of hydrogen-bond donors (Lipinski definition) is 1. The first kappa shape index (κ1) is 9.77. The minimum atomic E-state index is 0.332. The second kappa shape index (κ2) is 3.55. The summed E-state index contributed by atoms with van der Waals surface area (Å²) in [4.78, 5) is 12.2. The van der Waals surface area contributed by atoms with Crippen molar-refractivity contribution >= 4 is 17.0 Å². The van der Waals surface area contributed by atoms with Gasteiger partial charge in [-0.2, -0.15) is 4.98 Å². The molecular formula is C12H10N4O. The van der Waals surface area contributed by atoms with E-state index in [1.54, 1.807) is 0 Å². The van der Waals surface area contributed by atoms with Crippen LogP contribution < -0.4 is 5.73 Å².